The van der Waals surface area contributed by atoms with Crippen LogP contribution >= 0.6 is 0 Å². The molecule has 3 aliphatic rings. The largest absolute Gasteiger partial charge is 0.454 e. The van der Waals surface area contributed by atoms with Gasteiger partial charge < -0.3 is 14.4 Å². The van der Waals surface area contributed by atoms with Crippen molar-refractivity contribution in [3.63, 3.8) is 0 Å². The Labute approximate surface area is 114 Å². The molecule has 2 aliphatic heterocycles. The lowest BCUT2D eigenvalue weighted by atomic mass is 9.66. The summed E-state index contributed by atoms with van der Waals surface area (Å²) in [6, 6.07) is 7.31. The van der Waals surface area contributed by atoms with Crippen LogP contribution in [-0.2, 0) is 5.41 Å². The van der Waals surface area contributed by atoms with Gasteiger partial charge in [0.2, 0.25) is 6.79 Å². The smallest absolute Gasteiger partial charge is 0.231 e. The second-order valence-corrected chi connectivity index (χ2v) is 6.22. The maximum Gasteiger partial charge on any atom is 0.231 e. The molecule has 1 aromatic rings. The Kier molecular flexibility index (Phi) is 2.52. The first-order valence-electron chi connectivity index (χ1n) is 7.40. The van der Waals surface area contributed by atoms with Crippen molar-refractivity contribution in [2.75, 3.05) is 20.4 Å². The van der Waals surface area contributed by atoms with Gasteiger partial charge in [-0.25, -0.2) is 0 Å². The average Bonchev–Trinajstić information content (AvgIpc) is 3.04. The van der Waals surface area contributed by atoms with E-state index in [1.54, 1.807) is 0 Å². The third-order valence-electron chi connectivity index (χ3n) is 5.38. The highest BCUT2D eigenvalue weighted by Gasteiger charge is 2.48. The molecule has 1 aliphatic carbocycles. The van der Waals surface area contributed by atoms with Gasteiger partial charge in [-0.15, -0.1) is 0 Å². The molecule has 2 atom stereocenters. The number of likely N-dealkylation sites (tertiary alicyclic amines) is 1. The number of benzene rings is 1. The van der Waals surface area contributed by atoms with Gasteiger partial charge in [0.1, 0.15) is 0 Å². The highest BCUT2D eigenvalue weighted by atomic mass is 16.7. The number of fused-ring (bicyclic) bond motifs is 2. The second-order valence-electron chi connectivity index (χ2n) is 6.22. The Morgan fingerprint density at radius 3 is 3.00 bits per heavy atom. The van der Waals surface area contributed by atoms with Crippen molar-refractivity contribution in [3.8, 4) is 11.5 Å². The summed E-state index contributed by atoms with van der Waals surface area (Å²) in [5.41, 5.74) is 1.82. The summed E-state index contributed by atoms with van der Waals surface area (Å²) in [6.45, 7) is 1.59. The lowest BCUT2D eigenvalue weighted by Crippen LogP contribution is -2.43. The molecule has 102 valence electrons. The fourth-order valence-corrected chi connectivity index (χ4v) is 4.37. The third-order valence-corrected chi connectivity index (χ3v) is 5.38. The number of ether oxygens (including phenoxy) is 2. The minimum atomic E-state index is 0.355. The van der Waals surface area contributed by atoms with Crippen LogP contribution in [0.25, 0.3) is 0 Å². The molecule has 0 aromatic heterocycles. The summed E-state index contributed by atoms with van der Waals surface area (Å²) in [5.74, 6) is 1.84. The summed E-state index contributed by atoms with van der Waals surface area (Å²) in [5, 5.41) is 0. The van der Waals surface area contributed by atoms with Crippen molar-refractivity contribution in [2.45, 2.75) is 43.6 Å². The predicted octanol–water partition coefficient (Wildman–Crippen LogP) is 2.93. The van der Waals surface area contributed by atoms with E-state index < -0.39 is 0 Å². The zero-order valence-electron chi connectivity index (χ0n) is 11.5. The molecular weight excluding hydrogens is 238 g/mol. The fraction of sp³-hybridized carbons (Fsp3) is 0.625. The fourth-order valence-electron chi connectivity index (χ4n) is 4.37. The number of hydrogen-bond donors (Lipinski definition) is 0. The van der Waals surface area contributed by atoms with E-state index in [1.165, 1.54) is 44.2 Å². The number of likely N-dealkylation sites (N-methyl/N-ethyl adjacent to an activating group) is 1. The molecule has 0 amide bonds. The zero-order chi connectivity index (χ0) is 12.9. The van der Waals surface area contributed by atoms with Gasteiger partial charge in [0.25, 0.3) is 0 Å². The first-order chi connectivity index (χ1) is 9.29. The van der Waals surface area contributed by atoms with Gasteiger partial charge in [-0.1, -0.05) is 18.9 Å². The molecule has 1 saturated heterocycles. The zero-order valence-corrected chi connectivity index (χ0v) is 11.5. The first-order valence-corrected chi connectivity index (χ1v) is 7.40. The molecule has 0 N–H and O–H groups in total. The van der Waals surface area contributed by atoms with E-state index in [2.05, 4.69) is 30.1 Å². The lowest BCUT2D eigenvalue weighted by Gasteiger charge is -2.41. The molecule has 3 heteroatoms. The Balaban J connectivity index is 1.77. The molecule has 19 heavy (non-hydrogen) atoms. The summed E-state index contributed by atoms with van der Waals surface area (Å²) >= 11 is 0. The van der Waals surface area contributed by atoms with Gasteiger partial charge in [-0.2, -0.15) is 0 Å². The summed E-state index contributed by atoms with van der Waals surface area (Å²) in [7, 11) is 2.28. The highest BCUT2D eigenvalue weighted by molar-refractivity contribution is 5.47. The number of rotatable bonds is 1. The van der Waals surface area contributed by atoms with Gasteiger partial charge in [0.05, 0.1) is 0 Å². The van der Waals surface area contributed by atoms with Crippen molar-refractivity contribution < 1.29 is 9.47 Å². The molecule has 2 fully saturated rings. The second kappa shape index (κ2) is 4.14. The molecule has 2 unspecified atom stereocenters. The minimum Gasteiger partial charge on any atom is -0.454 e. The Bertz CT molecular complexity index is 498. The maximum atomic E-state index is 5.57. The standard InChI is InChI=1S/C16H21NO2/c1-17-9-8-16(7-3-2-4-15(16)17)12-5-6-13-14(10-12)19-11-18-13/h5-6,10,15H,2-4,7-9,11H2,1H3. The van der Waals surface area contributed by atoms with Crippen molar-refractivity contribution in [1.82, 2.24) is 4.90 Å². The van der Waals surface area contributed by atoms with E-state index in [4.69, 9.17) is 9.47 Å². The Morgan fingerprint density at radius 2 is 2.05 bits per heavy atom. The molecule has 4 rings (SSSR count). The van der Waals surface area contributed by atoms with Crippen LogP contribution in [0.3, 0.4) is 0 Å². The van der Waals surface area contributed by atoms with Gasteiger partial charge in [-0.3, -0.25) is 0 Å². The van der Waals surface area contributed by atoms with Gasteiger partial charge >= 0.3 is 0 Å². The van der Waals surface area contributed by atoms with Crippen LogP contribution in [0.2, 0.25) is 0 Å². The van der Waals surface area contributed by atoms with Crippen molar-refractivity contribution in [1.29, 1.82) is 0 Å². The number of hydrogen-bond acceptors (Lipinski definition) is 3. The molecule has 1 aromatic carbocycles. The molecule has 1 saturated carbocycles. The van der Waals surface area contributed by atoms with Crippen molar-refractivity contribution >= 4 is 0 Å². The Morgan fingerprint density at radius 1 is 1.16 bits per heavy atom. The normalized spacial score (nSPS) is 33.4. The van der Waals surface area contributed by atoms with Crippen LogP contribution in [0, 0.1) is 0 Å². The highest BCUT2D eigenvalue weighted by Crippen LogP contribution is 2.50. The molecule has 0 bridgehead atoms. The predicted molar refractivity (Wildman–Crippen MR) is 73.7 cm³/mol. The van der Waals surface area contributed by atoms with Crippen LogP contribution in [0.4, 0.5) is 0 Å². The first kappa shape index (κ1) is 11.6. The van der Waals surface area contributed by atoms with Crippen molar-refractivity contribution in [2.24, 2.45) is 0 Å². The molecule has 0 spiro atoms. The average molecular weight is 259 g/mol. The molecule has 2 heterocycles. The van der Waals surface area contributed by atoms with E-state index in [0.29, 0.717) is 18.2 Å². The molecule has 0 radical (unpaired) electrons. The lowest BCUT2D eigenvalue weighted by molar-refractivity contribution is 0.172. The molecular formula is C16H21NO2. The van der Waals surface area contributed by atoms with Crippen LogP contribution in [0.5, 0.6) is 11.5 Å². The van der Waals surface area contributed by atoms with E-state index in [-0.39, 0.29) is 0 Å². The van der Waals surface area contributed by atoms with E-state index in [0.717, 1.165) is 11.5 Å². The SMILES string of the molecule is CN1CCC2(c3ccc4c(c3)OCO4)CCCCC12. The van der Waals surface area contributed by atoms with Gasteiger partial charge in [0, 0.05) is 11.5 Å². The summed E-state index contributed by atoms with van der Waals surface area (Å²) in [4.78, 5) is 2.56. The van der Waals surface area contributed by atoms with Crippen LogP contribution in [0.15, 0.2) is 18.2 Å². The quantitative estimate of drug-likeness (QED) is 0.774. The monoisotopic (exact) mass is 259 g/mol. The topological polar surface area (TPSA) is 21.7 Å². The van der Waals surface area contributed by atoms with Gasteiger partial charge in [-0.05, 0) is 50.6 Å². The van der Waals surface area contributed by atoms with Crippen LogP contribution in [0.1, 0.15) is 37.7 Å². The van der Waals surface area contributed by atoms with Gasteiger partial charge in [0.15, 0.2) is 11.5 Å². The summed E-state index contributed by atoms with van der Waals surface area (Å²) in [6.07, 6.45) is 6.68. The van der Waals surface area contributed by atoms with Crippen LogP contribution < -0.4 is 9.47 Å². The summed E-state index contributed by atoms with van der Waals surface area (Å²) < 4.78 is 11.0. The maximum absolute atomic E-state index is 5.57. The number of nitrogens with zero attached hydrogens (tertiary/aromatic N) is 1. The van der Waals surface area contributed by atoms with E-state index in [9.17, 15) is 0 Å². The molecule has 3 nitrogen and oxygen atoms in total. The van der Waals surface area contributed by atoms with E-state index >= 15 is 0 Å². The van der Waals surface area contributed by atoms with E-state index in [1.807, 2.05) is 0 Å². The minimum absolute atomic E-state index is 0.355. The third kappa shape index (κ3) is 1.61. The Hall–Kier alpha value is -1.22. The van der Waals surface area contributed by atoms with Crippen molar-refractivity contribution in [3.05, 3.63) is 23.8 Å². The van der Waals surface area contributed by atoms with Crippen LogP contribution in [-0.4, -0.2) is 31.3 Å².